The lowest BCUT2D eigenvalue weighted by Crippen LogP contribution is -2.11. The molecule has 2 heteroatoms. The first-order valence-electron chi connectivity index (χ1n) is 6.42. The summed E-state index contributed by atoms with van der Waals surface area (Å²) in [7, 11) is 0. The Morgan fingerprint density at radius 1 is 1.57 bits per heavy atom. The summed E-state index contributed by atoms with van der Waals surface area (Å²) in [5, 5.41) is 0. The van der Waals surface area contributed by atoms with Crippen LogP contribution in [0.25, 0.3) is 0 Å². The van der Waals surface area contributed by atoms with Crippen molar-refractivity contribution in [2.24, 2.45) is 5.89 Å². The van der Waals surface area contributed by atoms with Crippen molar-refractivity contribution in [2.75, 3.05) is 6.58 Å². The summed E-state index contributed by atoms with van der Waals surface area (Å²) in [5.74, 6) is -2.60. The molecule has 14 heavy (non-hydrogen) atoms. The second kappa shape index (κ2) is 5.43. The number of rotatable bonds is 4. The monoisotopic (exact) mass is 196 g/mol. The number of carbonyl (C=O) groups is 1. The third kappa shape index (κ3) is 4.08. The largest absolute Gasteiger partial charge is 0.466 e. The van der Waals surface area contributed by atoms with Crippen molar-refractivity contribution >= 4 is 5.97 Å². The van der Waals surface area contributed by atoms with Crippen molar-refractivity contribution < 1.29 is 15.0 Å². The highest BCUT2D eigenvalue weighted by molar-refractivity contribution is 5.65. The minimum Gasteiger partial charge on any atom is -0.466 e. The first kappa shape index (κ1) is 6.23. The van der Waals surface area contributed by atoms with Crippen LogP contribution in [-0.4, -0.2) is 12.6 Å². The third-order valence-electron chi connectivity index (χ3n) is 1.52. The average molecular weight is 196 g/mol. The standard InChI is InChI=1S/C12H16O2/c1-10(9-14-11(2)13)8-12-6-4-3-5-7-12/h3-7,10H,8-9H2,1-2H3/t10-/m1/s1/i8D2,9D,10D/t9-,10-. The van der Waals surface area contributed by atoms with Gasteiger partial charge in [-0.2, -0.15) is 0 Å². The lowest BCUT2D eigenvalue weighted by atomic mass is 10.0. The summed E-state index contributed by atoms with van der Waals surface area (Å²) in [5.41, 5.74) is 0.284. The summed E-state index contributed by atoms with van der Waals surface area (Å²) in [6, 6.07) is 8.16. The van der Waals surface area contributed by atoms with Crippen LogP contribution in [0.4, 0.5) is 0 Å². The van der Waals surface area contributed by atoms with Crippen molar-refractivity contribution in [3.63, 3.8) is 0 Å². The summed E-state index contributed by atoms with van der Waals surface area (Å²) < 4.78 is 36.3. The van der Waals surface area contributed by atoms with E-state index >= 15 is 0 Å². The van der Waals surface area contributed by atoms with Crippen molar-refractivity contribution in [1.82, 2.24) is 0 Å². The molecule has 0 N–H and O–H groups in total. The fourth-order valence-electron chi connectivity index (χ4n) is 0.950. The highest BCUT2D eigenvalue weighted by Crippen LogP contribution is 2.08. The zero-order valence-electron chi connectivity index (χ0n) is 12.3. The molecular weight excluding hydrogens is 176 g/mol. The Bertz CT molecular complexity index is 417. The highest BCUT2D eigenvalue weighted by atomic mass is 16.5. The highest BCUT2D eigenvalue weighted by Gasteiger charge is 2.04. The molecule has 0 spiro atoms. The Morgan fingerprint density at radius 2 is 2.21 bits per heavy atom. The minimum atomic E-state index is -2.10. The lowest BCUT2D eigenvalue weighted by Gasteiger charge is -2.10. The fourth-order valence-corrected chi connectivity index (χ4v) is 0.950. The molecule has 0 radical (unpaired) electrons. The zero-order valence-corrected chi connectivity index (χ0v) is 8.28. The van der Waals surface area contributed by atoms with E-state index in [-0.39, 0.29) is 5.56 Å². The molecule has 0 unspecified atom stereocenters. The zero-order chi connectivity index (χ0) is 14.0. The van der Waals surface area contributed by atoms with Gasteiger partial charge in [-0.15, -0.1) is 0 Å². The van der Waals surface area contributed by atoms with E-state index in [0.29, 0.717) is 0 Å². The summed E-state index contributed by atoms with van der Waals surface area (Å²) in [4.78, 5) is 10.8. The van der Waals surface area contributed by atoms with E-state index in [1.54, 1.807) is 30.3 Å². The smallest absolute Gasteiger partial charge is 0.302 e. The van der Waals surface area contributed by atoms with Gasteiger partial charge in [0.15, 0.2) is 0 Å². The van der Waals surface area contributed by atoms with Gasteiger partial charge < -0.3 is 4.74 Å². The molecule has 1 rings (SSSR count). The van der Waals surface area contributed by atoms with Gasteiger partial charge in [-0.1, -0.05) is 37.3 Å². The SMILES string of the molecule is [2H][C@@H](OC(C)=O)[C@]([2H])(C)C([2H])([2H])c1ccccc1. The van der Waals surface area contributed by atoms with Gasteiger partial charge in [0.05, 0.1) is 7.95 Å². The Labute approximate surface area is 90.5 Å². The van der Waals surface area contributed by atoms with Gasteiger partial charge in [-0.25, -0.2) is 0 Å². The van der Waals surface area contributed by atoms with Crippen LogP contribution in [0.3, 0.4) is 0 Å². The fraction of sp³-hybridized carbons (Fsp3) is 0.417. The molecule has 2 nitrogen and oxygen atoms in total. The minimum absolute atomic E-state index is 0.284. The van der Waals surface area contributed by atoms with E-state index in [9.17, 15) is 4.79 Å². The van der Waals surface area contributed by atoms with E-state index in [1.165, 1.54) is 6.92 Å². The van der Waals surface area contributed by atoms with Gasteiger partial charge in [-0.05, 0) is 17.8 Å². The molecule has 0 saturated carbocycles. The molecule has 0 fully saturated rings. The van der Waals surface area contributed by atoms with E-state index in [0.717, 1.165) is 6.92 Å². The quantitative estimate of drug-likeness (QED) is 0.691. The van der Waals surface area contributed by atoms with Gasteiger partial charge >= 0.3 is 5.97 Å². The van der Waals surface area contributed by atoms with E-state index in [4.69, 9.17) is 5.48 Å². The van der Waals surface area contributed by atoms with Crippen molar-refractivity contribution in [1.29, 1.82) is 0 Å². The van der Waals surface area contributed by atoms with Crippen molar-refractivity contribution in [3.8, 4) is 0 Å². The molecule has 1 aromatic carbocycles. The van der Waals surface area contributed by atoms with E-state index in [1.807, 2.05) is 0 Å². The average Bonchev–Trinajstić information content (AvgIpc) is 2.29. The first-order valence-corrected chi connectivity index (χ1v) is 4.34. The molecule has 0 aliphatic rings. The van der Waals surface area contributed by atoms with Crippen molar-refractivity contribution in [3.05, 3.63) is 35.9 Å². The topological polar surface area (TPSA) is 26.3 Å². The molecule has 0 amide bonds. The number of benzene rings is 1. The van der Waals surface area contributed by atoms with Crippen LogP contribution in [0, 0.1) is 5.89 Å². The maximum atomic E-state index is 10.8. The van der Waals surface area contributed by atoms with Crippen LogP contribution in [0.5, 0.6) is 0 Å². The second-order valence-corrected chi connectivity index (χ2v) is 2.90. The van der Waals surface area contributed by atoms with E-state index < -0.39 is 24.8 Å². The van der Waals surface area contributed by atoms with Gasteiger partial charge in [0.25, 0.3) is 0 Å². The van der Waals surface area contributed by atoms with E-state index in [2.05, 4.69) is 4.74 Å². The predicted molar refractivity (Wildman–Crippen MR) is 55.9 cm³/mol. The molecule has 0 heterocycles. The van der Waals surface area contributed by atoms with Crippen molar-refractivity contribution in [2.45, 2.75) is 20.2 Å². The number of ether oxygens (including phenoxy) is 1. The molecule has 0 aliphatic heterocycles. The number of hydrogen-bond donors (Lipinski definition) is 0. The van der Waals surface area contributed by atoms with Crippen LogP contribution in [0.2, 0.25) is 0 Å². The molecule has 0 saturated heterocycles. The van der Waals surface area contributed by atoms with Gasteiger partial charge in [-0.3, -0.25) is 4.79 Å². The third-order valence-corrected chi connectivity index (χ3v) is 1.52. The Hall–Kier alpha value is -1.31. The number of hydrogen-bond acceptors (Lipinski definition) is 2. The predicted octanol–water partition coefficient (Wildman–Crippen LogP) is 2.43. The number of esters is 1. The Balaban J connectivity index is 3.06. The summed E-state index contributed by atoms with van der Waals surface area (Å²) in [6.07, 6.45) is -2.10. The van der Waals surface area contributed by atoms with Gasteiger partial charge in [0.2, 0.25) is 0 Å². The first-order chi connectivity index (χ1) is 8.19. The molecule has 0 bridgehead atoms. The second-order valence-electron chi connectivity index (χ2n) is 2.90. The Kier molecular flexibility index (Phi) is 2.41. The molecule has 2 atom stereocenters. The summed E-state index contributed by atoms with van der Waals surface area (Å²) in [6.45, 7) is 0.793. The van der Waals surface area contributed by atoms with Gasteiger partial charge in [0.1, 0.15) is 0 Å². The van der Waals surface area contributed by atoms with Crippen LogP contribution in [-0.2, 0) is 15.9 Å². The van der Waals surface area contributed by atoms with Gasteiger partial charge in [0, 0.05) is 11.0 Å². The Morgan fingerprint density at radius 3 is 2.79 bits per heavy atom. The normalized spacial score (nSPS) is 21.9. The molecule has 76 valence electrons. The van der Waals surface area contributed by atoms with Crippen LogP contribution >= 0.6 is 0 Å². The maximum absolute atomic E-state index is 10.8. The maximum Gasteiger partial charge on any atom is 0.302 e. The summed E-state index contributed by atoms with van der Waals surface area (Å²) >= 11 is 0. The molecule has 0 aromatic heterocycles. The van der Waals surface area contributed by atoms with Crippen LogP contribution in [0.1, 0.15) is 24.9 Å². The number of carbonyl (C=O) groups excluding carboxylic acids is 1. The molecular formula is C12H16O2. The lowest BCUT2D eigenvalue weighted by molar-refractivity contribution is -0.142. The van der Waals surface area contributed by atoms with Crippen LogP contribution < -0.4 is 0 Å². The van der Waals surface area contributed by atoms with Crippen LogP contribution in [0.15, 0.2) is 30.3 Å². The molecule has 0 aliphatic carbocycles. The molecule has 1 aromatic rings.